The topological polar surface area (TPSA) is 17.1 Å². The number of aryl methyl sites for hydroxylation is 2. The van der Waals surface area contributed by atoms with Gasteiger partial charge >= 0.3 is 0 Å². The second-order valence-corrected chi connectivity index (χ2v) is 6.86. The van der Waals surface area contributed by atoms with E-state index in [1.807, 2.05) is 6.07 Å². The number of likely N-dealkylation sites (N-methyl/N-ethyl adjacent to an activating group) is 1. The van der Waals surface area contributed by atoms with Crippen molar-refractivity contribution in [1.29, 1.82) is 0 Å². The van der Waals surface area contributed by atoms with E-state index in [-0.39, 0.29) is 32.7 Å². The summed E-state index contributed by atoms with van der Waals surface area (Å²) in [6.45, 7) is 12.1. The third-order valence-corrected chi connectivity index (χ3v) is 5.23. The van der Waals surface area contributed by atoms with E-state index in [4.69, 9.17) is 0 Å². The minimum Gasteiger partial charge on any atom is -0.314 e. The van der Waals surface area contributed by atoms with Gasteiger partial charge in [0.2, 0.25) is 0 Å². The fourth-order valence-electron chi connectivity index (χ4n) is 3.45. The maximum absolute atomic E-state index is 12.8. The van der Waals surface area contributed by atoms with Crippen LogP contribution in [-0.2, 0) is 50.5 Å². The third-order valence-electron chi connectivity index (χ3n) is 5.23. The first kappa shape index (κ1) is 22.2. The van der Waals surface area contributed by atoms with E-state index in [1.165, 1.54) is 22.3 Å². The number of Topliss-reactive ketones (excluding diaryl/α,β-unsaturated/α-hetero) is 1. The number of benzene rings is 2. The van der Waals surface area contributed by atoms with Crippen molar-refractivity contribution in [3.05, 3.63) is 70.8 Å². The number of carbonyl (C=O) groups is 1. The van der Waals surface area contributed by atoms with Gasteiger partial charge in [-0.2, -0.15) is 0 Å². The Labute approximate surface area is 178 Å². The summed E-state index contributed by atoms with van der Waals surface area (Å²) in [5.41, 5.74) is 4.95. The SMILES string of the molecule is CC[N+](CC)(CC(=O)Cc1c(C)cccc1C)Cc1ccccc1.[Y]. The maximum Gasteiger partial charge on any atom is 0.191 e. The average molecular weight is 413 g/mol. The first-order valence-corrected chi connectivity index (χ1v) is 8.95. The molecule has 0 N–H and O–H groups in total. The van der Waals surface area contributed by atoms with Gasteiger partial charge in [0, 0.05) is 44.7 Å². The van der Waals surface area contributed by atoms with Crippen LogP contribution in [0.2, 0.25) is 0 Å². The van der Waals surface area contributed by atoms with Crippen LogP contribution in [0.1, 0.15) is 36.1 Å². The number of quaternary nitrogens is 1. The molecule has 0 atom stereocenters. The monoisotopic (exact) mass is 413 g/mol. The number of hydrogen-bond donors (Lipinski definition) is 0. The Bertz CT molecular complexity index is 657. The number of nitrogens with zero attached hydrogens (tertiary/aromatic N) is 1. The molecule has 0 bridgehead atoms. The van der Waals surface area contributed by atoms with Crippen LogP contribution in [0.15, 0.2) is 48.5 Å². The van der Waals surface area contributed by atoms with Crippen molar-refractivity contribution in [2.75, 3.05) is 19.6 Å². The molecule has 0 unspecified atom stereocenters. The van der Waals surface area contributed by atoms with Crippen molar-refractivity contribution >= 4 is 5.78 Å². The van der Waals surface area contributed by atoms with Gasteiger partial charge in [0.1, 0.15) is 13.1 Å². The molecule has 1 radical (unpaired) electrons. The quantitative estimate of drug-likeness (QED) is 0.584. The van der Waals surface area contributed by atoms with E-state index in [9.17, 15) is 4.79 Å². The minimum absolute atomic E-state index is 0. The zero-order valence-electron chi connectivity index (χ0n) is 16.1. The van der Waals surface area contributed by atoms with E-state index in [2.05, 4.69) is 70.2 Å². The zero-order valence-corrected chi connectivity index (χ0v) is 18.9. The van der Waals surface area contributed by atoms with E-state index in [0.717, 1.165) is 24.1 Å². The molecule has 0 aliphatic carbocycles. The van der Waals surface area contributed by atoms with Crippen LogP contribution in [0.4, 0.5) is 0 Å². The summed E-state index contributed by atoms with van der Waals surface area (Å²) in [4.78, 5) is 12.8. The van der Waals surface area contributed by atoms with Gasteiger partial charge < -0.3 is 4.48 Å². The fourth-order valence-corrected chi connectivity index (χ4v) is 3.45. The van der Waals surface area contributed by atoms with Gasteiger partial charge in [-0.15, -0.1) is 0 Å². The average Bonchev–Trinajstić information content (AvgIpc) is 2.58. The Balaban J connectivity index is 0.00000312. The van der Waals surface area contributed by atoms with E-state index in [0.29, 0.717) is 18.7 Å². The molecular weight excluding hydrogens is 383 g/mol. The predicted molar refractivity (Wildman–Crippen MR) is 101 cm³/mol. The summed E-state index contributed by atoms with van der Waals surface area (Å²) in [7, 11) is 0. The van der Waals surface area contributed by atoms with Gasteiger partial charge in [0.25, 0.3) is 0 Å². The molecule has 0 heterocycles. The largest absolute Gasteiger partial charge is 0.314 e. The third kappa shape index (κ3) is 6.13. The molecule has 2 aromatic rings. The van der Waals surface area contributed by atoms with Crippen LogP contribution in [0.3, 0.4) is 0 Å². The van der Waals surface area contributed by atoms with E-state index < -0.39 is 0 Å². The second kappa shape index (κ2) is 10.4. The predicted octanol–water partition coefficient (Wildman–Crippen LogP) is 4.47. The van der Waals surface area contributed by atoms with Crippen LogP contribution in [-0.4, -0.2) is 29.9 Å². The van der Waals surface area contributed by atoms with Crippen molar-refractivity contribution in [2.45, 2.75) is 40.7 Å². The van der Waals surface area contributed by atoms with Gasteiger partial charge in [0.05, 0.1) is 13.1 Å². The molecule has 0 aromatic heterocycles. The number of carbonyl (C=O) groups excluding carboxylic acids is 1. The van der Waals surface area contributed by atoms with Gasteiger partial charge in [-0.25, -0.2) is 0 Å². The summed E-state index contributed by atoms with van der Waals surface area (Å²) in [5.74, 6) is 0.340. The molecule has 0 saturated carbocycles. The van der Waals surface area contributed by atoms with Gasteiger partial charge in [-0.05, 0) is 44.4 Å². The molecule has 0 amide bonds. The first-order chi connectivity index (χ1) is 11.5. The Morgan fingerprint density at radius 1 is 0.880 bits per heavy atom. The molecular formula is C22H30NOY+. The Kier molecular flexibility index (Phi) is 9.20. The van der Waals surface area contributed by atoms with Crippen molar-refractivity contribution in [2.24, 2.45) is 0 Å². The van der Waals surface area contributed by atoms with Crippen molar-refractivity contribution in [1.82, 2.24) is 0 Å². The van der Waals surface area contributed by atoms with E-state index in [1.54, 1.807) is 0 Å². The number of rotatable bonds is 8. The molecule has 2 rings (SSSR count). The Hall–Kier alpha value is -0.826. The zero-order chi connectivity index (χ0) is 17.6. The molecule has 131 valence electrons. The van der Waals surface area contributed by atoms with Gasteiger partial charge in [-0.3, -0.25) is 4.79 Å². The normalized spacial score (nSPS) is 11.0. The van der Waals surface area contributed by atoms with Crippen molar-refractivity contribution in [3.8, 4) is 0 Å². The molecule has 0 fully saturated rings. The molecule has 0 spiro atoms. The first-order valence-electron chi connectivity index (χ1n) is 8.95. The van der Waals surface area contributed by atoms with Crippen LogP contribution in [0, 0.1) is 13.8 Å². The van der Waals surface area contributed by atoms with Crippen molar-refractivity contribution < 1.29 is 42.0 Å². The summed E-state index contributed by atoms with van der Waals surface area (Å²) < 4.78 is 0.827. The summed E-state index contributed by atoms with van der Waals surface area (Å²) in [5, 5.41) is 0. The van der Waals surface area contributed by atoms with Crippen molar-refractivity contribution in [3.63, 3.8) is 0 Å². The van der Waals surface area contributed by atoms with Crippen LogP contribution >= 0.6 is 0 Å². The second-order valence-electron chi connectivity index (χ2n) is 6.86. The molecule has 25 heavy (non-hydrogen) atoms. The fraction of sp³-hybridized carbons (Fsp3) is 0.409. The molecule has 3 heteroatoms. The van der Waals surface area contributed by atoms with Crippen LogP contribution in [0.25, 0.3) is 0 Å². The number of ketones is 1. The summed E-state index contributed by atoms with van der Waals surface area (Å²) in [6, 6.07) is 16.8. The van der Waals surface area contributed by atoms with Gasteiger partial charge in [-0.1, -0.05) is 48.5 Å². The molecule has 0 aliphatic rings. The Morgan fingerprint density at radius 3 is 1.96 bits per heavy atom. The van der Waals surface area contributed by atoms with Gasteiger partial charge in [0.15, 0.2) is 5.78 Å². The van der Waals surface area contributed by atoms with Crippen LogP contribution in [0.5, 0.6) is 0 Å². The van der Waals surface area contributed by atoms with Crippen LogP contribution < -0.4 is 0 Å². The maximum atomic E-state index is 12.8. The summed E-state index contributed by atoms with van der Waals surface area (Å²) in [6.07, 6.45) is 0.549. The van der Waals surface area contributed by atoms with E-state index >= 15 is 0 Å². The molecule has 2 nitrogen and oxygen atoms in total. The molecule has 2 aromatic carbocycles. The minimum atomic E-state index is 0. The molecule has 0 saturated heterocycles. The smallest absolute Gasteiger partial charge is 0.191 e. The number of hydrogen-bond acceptors (Lipinski definition) is 1. The Morgan fingerprint density at radius 2 is 1.44 bits per heavy atom. The summed E-state index contributed by atoms with van der Waals surface area (Å²) >= 11 is 0. The standard InChI is InChI=1S/C22H30NO.Y/c1-5-23(6-2,16-20-13-8-7-9-14-20)17-21(24)15-22-18(3)11-10-12-19(22)4;/h7-14H,5-6,15-17H2,1-4H3;/q+1;. The molecule has 0 aliphatic heterocycles.